The highest BCUT2D eigenvalue weighted by atomic mass is 32.2. The summed E-state index contributed by atoms with van der Waals surface area (Å²) in [5.74, 6) is 1.88. The minimum absolute atomic E-state index is 0.101. The van der Waals surface area contributed by atoms with Gasteiger partial charge in [0.25, 0.3) is 0 Å². The van der Waals surface area contributed by atoms with Gasteiger partial charge >= 0.3 is 0 Å². The van der Waals surface area contributed by atoms with Crippen LogP contribution in [0.25, 0.3) is 0 Å². The lowest BCUT2D eigenvalue weighted by Gasteiger charge is -2.48. The van der Waals surface area contributed by atoms with E-state index in [2.05, 4.69) is 29.0 Å². The molecule has 0 radical (unpaired) electrons. The fourth-order valence-corrected chi connectivity index (χ4v) is 6.76. The van der Waals surface area contributed by atoms with E-state index in [4.69, 9.17) is 4.98 Å². The summed E-state index contributed by atoms with van der Waals surface area (Å²) >= 11 is 0. The van der Waals surface area contributed by atoms with Crippen molar-refractivity contribution in [2.75, 3.05) is 41.5 Å². The summed E-state index contributed by atoms with van der Waals surface area (Å²) in [5.41, 5.74) is 0.906. The van der Waals surface area contributed by atoms with Crippen LogP contribution in [0.4, 0.5) is 17.5 Å². The van der Waals surface area contributed by atoms with Gasteiger partial charge in [0.1, 0.15) is 12.3 Å². The topological polar surface area (TPSA) is 98.7 Å². The zero-order valence-corrected chi connectivity index (χ0v) is 21.1. The number of hydrogen-bond donors (Lipinski definition) is 1. The number of carbonyl (C=O) groups is 1. The minimum Gasteiger partial charge on any atom is -0.359 e. The van der Waals surface area contributed by atoms with Crippen molar-refractivity contribution in [1.29, 1.82) is 0 Å². The molecule has 2 aliphatic heterocycles. The molecule has 1 aromatic rings. The van der Waals surface area contributed by atoms with Crippen LogP contribution in [0.1, 0.15) is 58.8 Å². The van der Waals surface area contributed by atoms with Gasteiger partial charge in [-0.2, -0.15) is 4.98 Å². The fourth-order valence-electron chi connectivity index (χ4n) is 5.89. The molecule has 3 aliphatic rings. The second-order valence-corrected chi connectivity index (χ2v) is 11.9. The quantitative estimate of drug-likeness (QED) is 0.597. The molecule has 0 amide bonds. The molecule has 2 fully saturated rings. The van der Waals surface area contributed by atoms with E-state index in [0.717, 1.165) is 49.9 Å². The van der Waals surface area contributed by atoms with E-state index in [-0.39, 0.29) is 18.1 Å². The molecule has 4 rings (SSSR count). The number of nitrogens with one attached hydrogen (secondary N) is 1. The van der Waals surface area contributed by atoms with E-state index in [1.165, 1.54) is 19.1 Å². The molecule has 0 bridgehead atoms. The summed E-state index contributed by atoms with van der Waals surface area (Å²) in [5, 5.41) is 3.49. The molecule has 1 N–H and O–H groups in total. The number of anilines is 3. The number of likely N-dealkylation sites (N-methyl/N-ethyl adjacent to an activating group) is 1. The first kappa shape index (κ1) is 24.2. The van der Waals surface area contributed by atoms with Crippen LogP contribution in [0, 0.1) is 5.92 Å². The molecule has 10 heteroatoms. The summed E-state index contributed by atoms with van der Waals surface area (Å²) in [6, 6.07) is 0.439. The van der Waals surface area contributed by atoms with E-state index in [1.807, 2.05) is 18.1 Å². The maximum Gasteiger partial charge on any atom is 0.224 e. The summed E-state index contributed by atoms with van der Waals surface area (Å²) in [6.45, 7) is 5.40. The summed E-state index contributed by atoms with van der Waals surface area (Å²) in [4.78, 5) is 26.0. The molecular formula is C23H38N6O3S. The van der Waals surface area contributed by atoms with Gasteiger partial charge in [-0.05, 0) is 44.9 Å². The molecule has 1 aromatic heterocycles. The number of aldehydes is 1. The number of carbonyl (C=O) groups excluding carboxylic acids is 1. The van der Waals surface area contributed by atoms with Gasteiger partial charge in [0.2, 0.25) is 16.0 Å². The van der Waals surface area contributed by atoms with Crippen molar-refractivity contribution in [2.45, 2.75) is 83.0 Å². The van der Waals surface area contributed by atoms with Gasteiger partial charge in [0, 0.05) is 32.2 Å². The second-order valence-electron chi connectivity index (χ2n) is 9.89. The highest BCUT2D eigenvalue weighted by Gasteiger charge is 2.42. The van der Waals surface area contributed by atoms with Crippen LogP contribution >= 0.6 is 0 Å². The smallest absolute Gasteiger partial charge is 0.224 e. The number of aromatic nitrogens is 2. The van der Waals surface area contributed by atoms with E-state index in [1.54, 1.807) is 4.31 Å². The highest BCUT2D eigenvalue weighted by molar-refractivity contribution is 7.88. The zero-order valence-electron chi connectivity index (χ0n) is 20.3. The van der Waals surface area contributed by atoms with Crippen LogP contribution in [0.2, 0.25) is 0 Å². The number of fused-ring (bicyclic) bond motifs is 1. The lowest BCUT2D eigenvalue weighted by Crippen LogP contribution is -2.58. The van der Waals surface area contributed by atoms with Gasteiger partial charge in [-0.25, -0.2) is 17.7 Å². The monoisotopic (exact) mass is 478 g/mol. The van der Waals surface area contributed by atoms with Gasteiger partial charge in [0.05, 0.1) is 24.2 Å². The van der Waals surface area contributed by atoms with Crippen molar-refractivity contribution in [1.82, 2.24) is 14.3 Å². The fraction of sp³-hybridized carbons (Fsp3) is 0.783. The Hall–Kier alpha value is -1.94. The molecule has 33 heavy (non-hydrogen) atoms. The maximum atomic E-state index is 12.0. The Morgan fingerprint density at radius 1 is 1.21 bits per heavy atom. The second kappa shape index (κ2) is 9.74. The Bertz CT molecular complexity index is 944. The molecule has 1 saturated carbocycles. The first-order valence-corrected chi connectivity index (χ1v) is 14.1. The summed E-state index contributed by atoms with van der Waals surface area (Å²) < 4.78 is 25.2. The number of sulfonamides is 1. The molecule has 1 saturated heterocycles. The molecule has 3 atom stereocenters. The summed E-state index contributed by atoms with van der Waals surface area (Å²) in [6.07, 6.45) is 11.4. The maximum absolute atomic E-state index is 12.0. The average molecular weight is 479 g/mol. The number of nitrogens with zero attached hydrogens (tertiary/aromatic N) is 5. The van der Waals surface area contributed by atoms with Crippen LogP contribution in [0.5, 0.6) is 0 Å². The van der Waals surface area contributed by atoms with Crippen molar-refractivity contribution in [3.8, 4) is 0 Å². The standard InChI is InChI=1S/C23H38N6O3S/c1-5-19-21(15-30)27(3)20-14-24-23(26-22(20)29(19)18-8-6-7-9-18)25-16(2)17-10-12-28(13-11-17)33(4,31)32/h14-19,21H,5-13H2,1-4H3,(H,24,25,26). The Labute approximate surface area is 198 Å². The van der Waals surface area contributed by atoms with Gasteiger partial charge in [-0.3, -0.25) is 0 Å². The van der Waals surface area contributed by atoms with Crippen LogP contribution in [0.15, 0.2) is 6.20 Å². The molecular weight excluding hydrogens is 440 g/mol. The molecule has 3 heterocycles. The van der Waals surface area contributed by atoms with E-state index >= 15 is 0 Å². The van der Waals surface area contributed by atoms with Crippen molar-refractivity contribution in [3.63, 3.8) is 0 Å². The van der Waals surface area contributed by atoms with Crippen LogP contribution in [-0.2, 0) is 14.8 Å². The first-order chi connectivity index (χ1) is 15.7. The number of piperidine rings is 1. The van der Waals surface area contributed by atoms with Gasteiger partial charge in [-0.15, -0.1) is 0 Å². The zero-order chi connectivity index (χ0) is 23.8. The molecule has 9 nitrogen and oxygen atoms in total. The third-order valence-corrected chi connectivity index (χ3v) is 9.18. The van der Waals surface area contributed by atoms with Crippen LogP contribution < -0.4 is 15.1 Å². The number of rotatable bonds is 7. The Morgan fingerprint density at radius 3 is 2.45 bits per heavy atom. The van der Waals surface area contributed by atoms with Gasteiger partial charge in [0.15, 0.2) is 5.82 Å². The predicted octanol–water partition coefficient (Wildman–Crippen LogP) is 2.49. The number of hydrogen-bond acceptors (Lipinski definition) is 8. The third-order valence-electron chi connectivity index (χ3n) is 7.88. The average Bonchev–Trinajstić information content (AvgIpc) is 3.32. The normalized spacial score (nSPS) is 26.3. The van der Waals surface area contributed by atoms with E-state index in [0.29, 0.717) is 31.0 Å². The molecule has 3 unspecified atom stereocenters. The highest BCUT2D eigenvalue weighted by Crippen LogP contribution is 2.41. The molecule has 184 valence electrons. The Balaban J connectivity index is 1.55. The summed E-state index contributed by atoms with van der Waals surface area (Å²) in [7, 11) is -1.17. The van der Waals surface area contributed by atoms with Gasteiger partial charge < -0.3 is 19.9 Å². The van der Waals surface area contributed by atoms with Crippen LogP contribution in [-0.4, -0.2) is 79.5 Å². The molecule has 0 spiro atoms. The third kappa shape index (κ3) is 4.82. The van der Waals surface area contributed by atoms with Crippen molar-refractivity contribution < 1.29 is 13.2 Å². The lowest BCUT2D eigenvalue weighted by atomic mass is 9.91. The lowest BCUT2D eigenvalue weighted by molar-refractivity contribution is -0.109. The van der Waals surface area contributed by atoms with Gasteiger partial charge in [-0.1, -0.05) is 19.8 Å². The Kier molecular flexibility index (Phi) is 7.14. The van der Waals surface area contributed by atoms with Crippen molar-refractivity contribution in [2.24, 2.45) is 5.92 Å². The minimum atomic E-state index is -3.13. The SMILES string of the molecule is CCC1C(C=O)N(C)c2cnc(NC(C)C3CCN(S(C)(=O)=O)CC3)nc2N1C1CCCC1. The van der Waals surface area contributed by atoms with E-state index < -0.39 is 10.0 Å². The first-order valence-electron chi connectivity index (χ1n) is 12.3. The van der Waals surface area contributed by atoms with Crippen LogP contribution in [0.3, 0.4) is 0 Å². The largest absolute Gasteiger partial charge is 0.359 e. The predicted molar refractivity (Wildman–Crippen MR) is 131 cm³/mol. The molecule has 0 aromatic carbocycles. The molecule has 1 aliphatic carbocycles. The van der Waals surface area contributed by atoms with E-state index in [9.17, 15) is 13.2 Å². The van der Waals surface area contributed by atoms with Crippen molar-refractivity contribution in [3.05, 3.63) is 6.20 Å². The Morgan fingerprint density at radius 2 is 1.88 bits per heavy atom. The van der Waals surface area contributed by atoms with Crippen molar-refractivity contribution >= 4 is 33.8 Å².